The summed E-state index contributed by atoms with van der Waals surface area (Å²) in [5.41, 5.74) is 2.16. The summed E-state index contributed by atoms with van der Waals surface area (Å²) in [4.78, 5) is 11.3. The van der Waals surface area contributed by atoms with Gasteiger partial charge < -0.3 is 15.4 Å². The molecule has 116 valence electrons. The first-order chi connectivity index (χ1) is 10.8. The molecular formula is C18H22N2O2. The van der Waals surface area contributed by atoms with E-state index in [0.29, 0.717) is 6.61 Å². The van der Waals surface area contributed by atoms with E-state index in [0.717, 1.165) is 24.3 Å². The zero-order valence-corrected chi connectivity index (χ0v) is 12.8. The summed E-state index contributed by atoms with van der Waals surface area (Å²) in [6.45, 7) is 0.883. The van der Waals surface area contributed by atoms with Crippen molar-refractivity contribution in [2.24, 2.45) is 0 Å². The number of ether oxygens (including phenoxy) is 1. The lowest BCUT2D eigenvalue weighted by atomic mass is 10.1. The van der Waals surface area contributed by atoms with Crippen LogP contribution in [0.1, 0.15) is 12.0 Å². The molecule has 4 nitrogen and oxygen atoms in total. The van der Waals surface area contributed by atoms with Gasteiger partial charge in [0.2, 0.25) is 5.91 Å². The van der Waals surface area contributed by atoms with Gasteiger partial charge in [-0.05, 0) is 30.5 Å². The van der Waals surface area contributed by atoms with Crippen molar-refractivity contribution >= 4 is 11.6 Å². The Morgan fingerprint density at radius 3 is 2.55 bits per heavy atom. The predicted octanol–water partition coefficient (Wildman–Crippen LogP) is 2.86. The number of anilines is 1. The van der Waals surface area contributed by atoms with Gasteiger partial charge in [-0.1, -0.05) is 42.5 Å². The molecule has 0 aliphatic rings. The average Bonchev–Trinajstić information content (AvgIpc) is 2.58. The van der Waals surface area contributed by atoms with Gasteiger partial charge in [0, 0.05) is 7.05 Å². The molecule has 0 saturated heterocycles. The third-order valence-electron chi connectivity index (χ3n) is 3.32. The van der Waals surface area contributed by atoms with Gasteiger partial charge >= 0.3 is 0 Å². The Bertz CT molecular complexity index is 585. The van der Waals surface area contributed by atoms with Gasteiger partial charge in [0.1, 0.15) is 5.75 Å². The fourth-order valence-corrected chi connectivity index (χ4v) is 2.11. The molecule has 2 aromatic rings. The van der Waals surface area contributed by atoms with Gasteiger partial charge in [-0.15, -0.1) is 0 Å². The van der Waals surface area contributed by atoms with Gasteiger partial charge in [0.25, 0.3) is 0 Å². The number of nitrogens with one attached hydrogen (secondary N) is 2. The summed E-state index contributed by atoms with van der Waals surface area (Å²) in [5.74, 6) is 0.721. The highest BCUT2D eigenvalue weighted by atomic mass is 16.5. The van der Waals surface area contributed by atoms with Crippen molar-refractivity contribution in [1.82, 2.24) is 5.32 Å². The van der Waals surface area contributed by atoms with Crippen molar-refractivity contribution in [1.29, 1.82) is 0 Å². The molecule has 2 aromatic carbocycles. The number of carbonyl (C=O) groups is 1. The summed E-state index contributed by atoms with van der Waals surface area (Å²) in [6, 6.07) is 18.0. The maximum atomic E-state index is 11.3. The monoisotopic (exact) mass is 298 g/mol. The van der Waals surface area contributed by atoms with Crippen LogP contribution in [0.15, 0.2) is 54.6 Å². The van der Waals surface area contributed by atoms with E-state index in [-0.39, 0.29) is 12.5 Å². The zero-order chi connectivity index (χ0) is 15.6. The van der Waals surface area contributed by atoms with Crippen LogP contribution in [0, 0.1) is 0 Å². The number of hydrogen-bond acceptors (Lipinski definition) is 3. The van der Waals surface area contributed by atoms with Gasteiger partial charge in [-0.2, -0.15) is 0 Å². The first-order valence-electron chi connectivity index (χ1n) is 7.50. The van der Waals surface area contributed by atoms with E-state index < -0.39 is 0 Å². The quantitative estimate of drug-likeness (QED) is 0.737. The first-order valence-corrected chi connectivity index (χ1v) is 7.50. The molecule has 0 unspecified atom stereocenters. The van der Waals surface area contributed by atoms with Crippen molar-refractivity contribution < 1.29 is 9.53 Å². The van der Waals surface area contributed by atoms with Gasteiger partial charge in [0.15, 0.2) is 0 Å². The fourth-order valence-electron chi connectivity index (χ4n) is 2.11. The zero-order valence-electron chi connectivity index (χ0n) is 12.8. The second-order valence-electron chi connectivity index (χ2n) is 4.96. The Balaban J connectivity index is 1.80. The summed E-state index contributed by atoms with van der Waals surface area (Å²) < 4.78 is 5.83. The summed E-state index contributed by atoms with van der Waals surface area (Å²) >= 11 is 0. The van der Waals surface area contributed by atoms with E-state index in [2.05, 4.69) is 22.8 Å². The topological polar surface area (TPSA) is 50.4 Å². The molecule has 0 bridgehead atoms. The molecule has 0 atom stereocenters. The molecule has 22 heavy (non-hydrogen) atoms. The van der Waals surface area contributed by atoms with E-state index in [1.165, 1.54) is 5.56 Å². The number of likely N-dealkylation sites (N-methyl/N-ethyl adjacent to an activating group) is 1. The minimum absolute atomic E-state index is 0.0566. The Hall–Kier alpha value is -2.49. The summed E-state index contributed by atoms with van der Waals surface area (Å²) in [7, 11) is 1.62. The van der Waals surface area contributed by atoms with Crippen molar-refractivity contribution in [3.8, 4) is 5.75 Å². The van der Waals surface area contributed by atoms with Crippen LogP contribution in [-0.4, -0.2) is 26.1 Å². The second-order valence-corrected chi connectivity index (χ2v) is 4.96. The van der Waals surface area contributed by atoms with Crippen LogP contribution in [0.4, 0.5) is 5.69 Å². The van der Waals surface area contributed by atoms with Crippen LogP contribution in [-0.2, 0) is 11.2 Å². The van der Waals surface area contributed by atoms with Crippen LogP contribution in [0.3, 0.4) is 0 Å². The van der Waals surface area contributed by atoms with Crippen molar-refractivity contribution in [3.63, 3.8) is 0 Å². The molecule has 0 aliphatic carbocycles. The molecule has 0 saturated carbocycles. The molecule has 0 aromatic heterocycles. The molecule has 4 heteroatoms. The van der Waals surface area contributed by atoms with Gasteiger partial charge in [0.05, 0.1) is 18.8 Å². The lowest BCUT2D eigenvalue weighted by molar-refractivity contribution is -0.118. The van der Waals surface area contributed by atoms with Crippen molar-refractivity contribution in [2.45, 2.75) is 12.8 Å². The first kappa shape index (κ1) is 15.9. The Morgan fingerprint density at radius 2 is 1.77 bits per heavy atom. The number of para-hydroxylation sites is 2. The number of aryl methyl sites for hydroxylation is 1. The smallest absolute Gasteiger partial charge is 0.239 e. The Morgan fingerprint density at radius 1 is 1.05 bits per heavy atom. The molecule has 2 N–H and O–H groups in total. The fraction of sp³-hybridized carbons (Fsp3) is 0.278. The van der Waals surface area contributed by atoms with E-state index in [9.17, 15) is 4.79 Å². The van der Waals surface area contributed by atoms with Gasteiger partial charge in [-0.3, -0.25) is 4.79 Å². The highest BCUT2D eigenvalue weighted by molar-refractivity contribution is 5.80. The lowest BCUT2D eigenvalue weighted by Crippen LogP contribution is -2.26. The maximum absolute atomic E-state index is 11.3. The van der Waals surface area contributed by atoms with Crippen LogP contribution in [0.5, 0.6) is 5.75 Å². The standard InChI is InChI=1S/C18H22N2O2/c1-19-18(21)14-20-16-11-5-6-12-17(16)22-13-7-10-15-8-3-2-4-9-15/h2-6,8-9,11-12,20H,7,10,13-14H2,1H3,(H,19,21). The van der Waals surface area contributed by atoms with Crippen LogP contribution < -0.4 is 15.4 Å². The van der Waals surface area contributed by atoms with Crippen LogP contribution in [0.2, 0.25) is 0 Å². The third kappa shape index (κ3) is 5.13. The second kappa shape index (κ2) is 8.72. The maximum Gasteiger partial charge on any atom is 0.239 e. The highest BCUT2D eigenvalue weighted by Gasteiger charge is 2.04. The number of benzene rings is 2. The number of amides is 1. The average molecular weight is 298 g/mol. The van der Waals surface area contributed by atoms with Crippen LogP contribution >= 0.6 is 0 Å². The number of hydrogen-bond donors (Lipinski definition) is 2. The minimum atomic E-state index is -0.0566. The third-order valence-corrected chi connectivity index (χ3v) is 3.32. The molecule has 0 radical (unpaired) electrons. The molecule has 2 rings (SSSR count). The van der Waals surface area contributed by atoms with Crippen LogP contribution in [0.25, 0.3) is 0 Å². The summed E-state index contributed by atoms with van der Waals surface area (Å²) in [6.07, 6.45) is 1.95. The largest absolute Gasteiger partial charge is 0.491 e. The Kier molecular flexibility index (Phi) is 6.30. The van der Waals surface area contributed by atoms with Crippen molar-refractivity contribution in [3.05, 3.63) is 60.2 Å². The van der Waals surface area contributed by atoms with E-state index in [4.69, 9.17) is 4.74 Å². The number of carbonyl (C=O) groups excluding carboxylic acids is 1. The minimum Gasteiger partial charge on any atom is -0.491 e. The predicted molar refractivity (Wildman–Crippen MR) is 89.3 cm³/mol. The van der Waals surface area contributed by atoms with E-state index >= 15 is 0 Å². The normalized spacial score (nSPS) is 10.0. The molecular weight excluding hydrogens is 276 g/mol. The number of rotatable bonds is 8. The van der Waals surface area contributed by atoms with Crippen molar-refractivity contribution in [2.75, 3.05) is 25.5 Å². The SMILES string of the molecule is CNC(=O)CNc1ccccc1OCCCc1ccccc1. The van der Waals surface area contributed by atoms with E-state index in [1.54, 1.807) is 7.05 Å². The molecule has 0 heterocycles. The van der Waals surface area contributed by atoms with E-state index in [1.807, 2.05) is 42.5 Å². The molecule has 0 aliphatic heterocycles. The lowest BCUT2D eigenvalue weighted by Gasteiger charge is -2.12. The Labute approximate surface area is 131 Å². The molecule has 0 fully saturated rings. The summed E-state index contributed by atoms with van der Waals surface area (Å²) in [5, 5.41) is 5.67. The van der Waals surface area contributed by atoms with Gasteiger partial charge in [-0.25, -0.2) is 0 Å². The molecule has 0 spiro atoms. The molecule has 1 amide bonds. The highest BCUT2D eigenvalue weighted by Crippen LogP contribution is 2.23.